The smallest absolute Gasteiger partial charge is 0.422 e. The summed E-state index contributed by atoms with van der Waals surface area (Å²) < 4.78 is 40.6. The van der Waals surface area contributed by atoms with Crippen LogP contribution >= 0.6 is 0 Å². The third-order valence-electron chi connectivity index (χ3n) is 2.82. The van der Waals surface area contributed by atoms with Crippen molar-refractivity contribution in [2.75, 3.05) is 18.5 Å². The van der Waals surface area contributed by atoms with Crippen LogP contribution in [-0.2, 0) is 4.79 Å². The molecule has 0 fully saturated rings. The second kappa shape index (κ2) is 7.87. The van der Waals surface area contributed by atoms with Crippen molar-refractivity contribution in [2.45, 2.75) is 25.9 Å². The molecular formula is C14H19F3N2O2. The number of nitrogens with two attached hydrogens (primary N) is 1. The van der Waals surface area contributed by atoms with Crippen molar-refractivity contribution in [3.63, 3.8) is 0 Å². The van der Waals surface area contributed by atoms with Gasteiger partial charge < -0.3 is 15.8 Å². The standard InChI is InChI=1S/C14H19F3N2O2/c1-2-3-10(8-18)13(20)19-11-4-6-12(7-5-11)21-9-14(15,16)17/h4-7,10H,2-3,8-9,18H2,1H3,(H,19,20). The van der Waals surface area contributed by atoms with E-state index in [9.17, 15) is 18.0 Å². The van der Waals surface area contributed by atoms with Crippen molar-refractivity contribution in [3.8, 4) is 5.75 Å². The Labute approximate surface area is 121 Å². The summed E-state index contributed by atoms with van der Waals surface area (Å²) in [5.74, 6) is -0.367. The molecule has 1 aromatic carbocycles. The first-order chi connectivity index (χ1) is 9.85. The Morgan fingerprint density at radius 1 is 1.33 bits per heavy atom. The summed E-state index contributed by atoms with van der Waals surface area (Å²) in [7, 11) is 0. The lowest BCUT2D eigenvalue weighted by molar-refractivity contribution is -0.153. The van der Waals surface area contributed by atoms with E-state index in [2.05, 4.69) is 10.1 Å². The summed E-state index contributed by atoms with van der Waals surface area (Å²) in [5, 5.41) is 2.68. The lowest BCUT2D eigenvalue weighted by atomic mass is 10.0. The summed E-state index contributed by atoms with van der Waals surface area (Å²) in [6.45, 7) is 0.875. The number of rotatable bonds is 7. The van der Waals surface area contributed by atoms with Crippen LogP contribution in [0.3, 0.4) is 0 Å². The molecule has 0 spiro atoms. The number of benzene rings is 1. The van der Waals surface area contributed by atoms with Gasteiger partial charge in [-0.15, -0.1) is 0 Å². The fourth-order valence-corrected chi connectivity index (χ4v) is 1.75. The van der Waals surface area contributed by atoms with Gasteiger partial charge in [-0.3, -0.25) is 4.79 Å². The zero-order chi connectivity index (χ0) is 15.9. The lowest BCUT2D eigenvalue weighted by Crippen LogP contribution is -2.29. The maximum absolute atomic E-state index is 12.0. The topological polar surface area (TPSA) is 64.4 Å². The maximum Gasteiger partial charge on any atom is 0.422 e. The van der Waals surface area contributed by atoms with Crippen molar-refractivity contribution in [1.29, 1.82) is 0 Å². The normalized spacial score (nSPS) is 12.8. The number of nitrogens with one attached hydrogen (secondary N) is 1. The van der Waals surface area contributed by atoms with Crippen LogP contribution in [0.5, 0.6) is 5.75 Å². The van der Waals surface area contributed by atoms with E-state index < -0.39 is 12.8 Å². The Morgan fingerprint density at radius 2 is 1.95 bits per heavy atom. The molecule has 0 saturated carbocycles. The lowest BCUT2D eigenvalue weighted by Gasteiger charge is -2.14. The number of amides is 1. The number of carbonyl (C=O) groups excluding carboxylic acids is 1. The molecule has 0 radical (unpaired) electrons. The average Bonchev–Trinajstić information content (AvgIpc) is 2.43. The van der Waals surface area contributed by atoms with E-state index in [4.69, 9.17) is 5.73 Å². The Hall–Kier alpha value is -1.76. The van der Waals surface area contributed by atoms with Crippen LogP contribution in [0.1, 0.15) is 19.8 Å². The second-order valence-electron chi connectivity index (χ2n) is 4.64. The molecule has 1 amide bonds. The molecule has 0 heterocycles. The number of hydrogen-bond acceptors (Lipinski definition) is 3. The van der Waals surface area contributed by atoms with Gasteiger partial charge in [0.15, 0.2) is 6.61 Å². The van der Waals surface area contributed by atoms with Gasteiger partial charge in [0.1, 0.15) is 5.75 Å². The van der Waals surface area contributed by atoms with E-state index in [1.807, 2.05) is 6.92 Å². The highest BCUT2D eigenvalue weighted by molar-refractivity contribution is 5.92. The average molecular weight is 304 g/mol. The first-order valence-corrected chi connectivity index (χ1v) is 6.66. The Morgan fingerprint density at radius 3 is 2.43 bits per heavy atom. The molecule has 0 aromatic heterocycles. The van der Waals surface area contributed by atoms with Gasteiger partial charge in [0.2, 0.25) is 5.91 Å². The van der Waals surface area contributed by atoms with Crippen LogP contribution in [0, 0.1) is 5.92 Å². The predicted molar refractivity (Wildman–Crippen MR) is 74.1 cm³/mol. The first-order valence-electron chi connectivity index (χ1n) is 6.66. The monoisotopic (exact) mass is 304 g/mol. The van der Waals surface area contributed by atoms with E-state index in [0.717, 1.165) is 6.42 Å². The van der Waals surface area contributed by atoms with E-state index in [-0.39, 0.29) is 24.1 Å². The molecule has 0 aliphatic carbocycles. The molecule has 0 bridgehead atoms. The molecule has 4 nitrogen and oxygen atoms in total. The summed E-state index contributed by atoms with van der Waals surface area (Å²) >= 11 is 0. The fourth-order valence-electron chi connectivity index (χ4n) is 1.75. The zero-order valence-electron chi connectivity index (χ0n) is 11.7. The Balaban J connectivity index is 2.56. The first kappa shape index (κ1) is 17.3. The van der Waals surface area contributed by atoms with Gasteiger partial charge in [0.05, 0.1) is 5.92 Å². The molecule has 0 aliphatic heterocycles. The predicted octanol–water partition coefficient (Wildman–Crippen LogP) is 2.94. The van der Waals surface area contributed by atoms with Crippen LogP contribution in [0.25, 0.3) is 0 Å². The van der Waals surface area contributed by atoms with Crippen molar-refractivity contribution in [3.05, 3.63) is 24.3 Å². The van der Waals surface area contributed by atoms with Crippen LogP contribution in [-0.4, -0.2) is 25.2 Å². The minimum Gasteiger partial charge on any atom is -0.484 e. The molecule has 0 saturated heterocycles. The van der Waals surface area contributed by atoms with E-state index >= 15 is 0 Å². The van der Waals surface area contributed by atoms with Crippen molar-refractivity contribution < 1.29 is 22.7 Å². The number of hydrogen-bond donors (Lipinski definition) is 2. The minimum atomic E-state index is -4.37. The number of ether oxygens (including phenoxy) is 1. The molecule has 21 heavy (non-hydrogen) atoms. The van der Waals surface area contributed by atoms with Crippen molar-refractivity contribution >= 4 is 11.6 Å². The highest BCUT2D eigenvalue weighted by atomic mass is 19.4. The molecule has 3 N–H and O–H groups in total. The molecule has 118 valence electrons. The number of halogens is 3. The highest BCUT2D eigenvalue weighted by Gasteiger charge is 2.28. The fraction of sp³-hybridized carbons (Fsp3) is 0.500. The SMILES string of the molecule is CCCC(CN)C(=O)Nc1ccc(OCC(F)(F)F)cc1. The summed E-state index contributed by atoms with van der Waals surface area (Å²) in [6, 6.07) is 5.73. The second-order valence-corrected chi connectivity index (χ2v) is 4.64. The third kappa shape index (κ3) is 6.48. The zero-order valence-corrected chi connectivity index (χ0v) is 11.7. The number of alkyl halides is 3. The van der Waals surface area contributed by atoms with E-state index in [1.165, 1.54) is 24.3 Å². The van der Waals surface area contributed by atoms with Gasteiger partial charge in [-0.2, -0.15) is 13.2 Å². The summed E-state index contributed by atoms with van der Waals surface area (Å²) in [4.78, 5) is 11.9. The van der Waals surface area contributed by atoms with E-state index in [1.54, 1.807) is 0 Å². The van der Waals surface area contributed by atoms with Gasteiger partial charge >= 0.3 is 6.18 Å². The molecule has 7 heteroatoms. The van der Waals surface area contributed by atoms with E-state index in [0.29, 0.717) is 12.1 Å². The number of carbonyl (C=O) groups is 1. The Bertz CT molecular complexity index is 447. The van der Waals surface area contributed by atoms with Gasteiger partial charge in [-0.25, -0.2) is 0 Å². The number of anilines is 1. The van der Waals surface area contributed by atoms with Gasteiger partial charge in [-0.05, 0) is 30.7 Å². The van der Waals surface area contributed by atoms with Crippen LogP contribution in [0.2, 0.25) is 0 Å². The van der Waals surface area contributed by atoms with Crippen molar-refractivity contribution in [2.24, 2.45) is 11.7 Å². The Kier molecular flexibility index (Phi) is 6.48. The maximum atomic E-state index is 12.0. The quantitative estimate of drug-likeness (QED) is 0.814. The molecular weight excluding hydrogens is 285 g/mol. The van der Waals surface area contributed by atoms with Crippen LogP contribution in [0.4, 0.5) is 18.9 Å². The van der Waals surface area contributed by atoms with Gasteiger partial charge in [0.25, 0.3) is 0 Å². The van der Waals surface area contributed by atoms with Gasteiger partial charge in [-0.1, -0.05) is 13.3 Å². The van der Waals surface area contributed by atoms with Crippen LogP contribution < -0.4 is 15.8 Å². The summed E-state index contributed by atoms with van der Waals surface area (Å²) in [5.41, 5.74) is 6.02. The highest BCUT2D eigenvalue weighted by Crippen LogP contribution is 2.20. The van der Waals surface area contributed by atoms with Crippen molar-refractivity contribution in [1.82, 2.24) is 0 Å². The molecule has 1 unspecified atom stereocenters. The molecule has 0 aliphatic rings. The molecule has 1 aromatic rings. The third-order valence-corrected chi connectivity index (χ3v) is 2.82. The molecule has 1 rings (SSSR count). The van der Waals surface area contributed by atoms with Gasteiger partial charge in [0, 0.05) is 12.2 Å². The minimum absolute atomic E-state index is 0.0919. The largest absolute Gasteiger partial charge is 0.484 e. The van der Waals surface area contributed by atoms with Crippen LogP contribution in [0.15, 0.2) is 24.3 Å². The summed E-state index contributed by atoms with van der Waals surface area (Å²) in [6.07, 6.45) is -2.84. The molecule has 1 atom stereocenters.